The highest BCUT2D eigenvalue weighted by atomic mass is 16.5. The Kier molecular flexibility index (Phi) is 5.03. The number of nitrogens with zero attached hydrogens (tertiary/aromatic N) is 1. The maximum absolute atomic E-state index is 12.3. The maximum atomic E-state index is 12.3. The summed E-state index contributed by atoms with van der Waals surface area (Å²) in [5, 5.41) is 2.93. The molecule has 1 aliphatic rings. The van der Waals surface area contributed by atoms with Crippen molar-refractivity contribution in [1.82, 2.24) is 5.32 Å². The number of fused-ring (bicyclic) bond motifs is 1. The van der Waals surface area contributed by atoms with Crippen LogP contribution in [0.15, 0.2) is 42.5 Å². The third-order valence-electron chi connectivity index (χ3n) is 4.52. The molecule has 1 N–H and O–H groups in total. The van der Waals surface area contributed by atoms with Gasteiger partial charge in [-0.2, -0.15) is 0 Å². The molecule has 0 aromatic heterocycles. The fourth-order valence-electron chi connectivity index (χ4n) is 3.11. The highest BCUT2D eigenvalue weighted by Crippen LogP contribution is 2.27. The van der Waals surface area contributed by atoms with Crippen molar-refractivity contribution in [1.29, 1.82) is 0 Å². The Morgan fingerprint density at radius 1 is 1.20 bits per heavy atom. The lowest BCUT2D eigenvalue weighted by atomic mass is 9.98. The molecule has 0 spiro atoms. The number of nitrogens with one attached hydrogen (secondary N) is 1. The summed E-state index contributed by atoms with van der Waals surface area (Å²) >= 11 is 0. The molecule has 0 radical (unpaired) electrons. The zero-order valence-corrected chi connectivity index (χ0v) is 14.5. The zero-order chi connectivity index (χ0) is 17.8. The first-order valence-electron chi connectivity index (χ1n) is 8.35. The smallest absolute Gasteiger partial charge is 0.227 e. The summed E-state index contributed by atoms with van der Waals surface area (Å²) in [5.74, 6) is 0.866. The molecular weight excluding hydrogens is 316 g/mol. The summed E-state index contributed by atoms with van der Waals surface area (Å²) in [6, 6.07) is 13.5. The SMILES string of the molecule is COc1ccccc1CNC(=O)Cc1ccc2c(c1)CCC(=O)N2C. The Bertz CT molecular complexity index is 801. The largest absolute Gasteiger partial charge is 0.496 e. The molecule has 0 atom stereocenters. The van der Waals surface area contributed by atoms with Gasteiger partial charge < -0.3 is 15.0 Å². The van der Waals surface area contributed by atoms with Gasteiger partial charge in [0.1, 0.15) is 5.75 Å². The first kappa shape index (κ1) is 17.0. The topological polar surface area (TPSA) is 58.6 Å². The van der Waals surface area contributed by atoms with E-state index in [-0.39, 0.29) is 11.8 Å². The van der Waals surface area contributed by atoms with Gasteiger partial charge in [0.25, 0.3) is 0 Å². The second-order valence-corrected chi connectivity index (χ2v) is 6.18. The monoisotopic (exact) mass is 338 g/mol. The summed E-state index contributed by atoms with van der Waals surface area (Å²) in [4.78, 5) is 25.7. The van der Waals surface area contributed by atoms with Crippen LogP contribution in [0.1, 0.15) is 23.1 Å². The first-order chi connectivity index (χ1) is 12.1. The van der Waals surface area contributed by atoms with E-state index in [1.165, 1.54) is 0 Å². The van der Waals surface area contributed by atoms with Gasteiger partial charge >= 0.3 is 0 Å². The highest BCUT2D eigenvalue weighted by Gasteiger charge is 2.21. The third kappa shape index (κ3) is 3.82. The number of hydrogen-bond acceptors (Lipinski definition) is 3. The van der Waals surface area contributed by atoms with Crippen molar-refractivity contribution in [2.75, 3.05) is 19.1 Å². The summed E-state index contributed by atoms with van der Waals surface area (Å²) in [6.07, 6.45) is 1.57. The molecule has 25 heavy (non-hydrogen) atoms. The average Bonchev–Trinajstić information content (AvgIpc) is 2.63. The number of benzene rings is 2. The molecule has 0 unspecified atom stereocenters. The molecule has 0 bridgehead atoms. The Morgan fingerprint density at radius 2 is 2.00 bits per heavy atom. The highest BCUT2D eigenvalue weighted by molar-refractivity contribution is 5.96. The quantitative estimate of drug-likeness (QED) is 0.911. The van der Waals surface area contributed by atoms with E-state index in [4.69, 9.17) is 4.74 Å². The van der Waals surface area contributed by atoms with Gasteiger partial charge in [-0.3, -0.25) is 9.59 Å². The van der Waals surface area contributed by atoms with Crippen LogP contribution in [0.3, 0.4) is 0 Å². The predicted octanol–water partition coefficient (Wildman–Crippen LogP) is 2.46. The Labute approximate surface area is 147 Å². The molecule has 0 aliphatic carbocycles. The fourth-order valence-corrected chi connectivity index (χ4v) is 3.11. The minimum absolute atomic E-state index is 0.0360. The Balaban J connectivity index is 1.63. The third-order valence-corrected chi connectivity index (χ3v) is 4.52. The number of rotatable bonds is 5. The molecule has 1 aliphatic heterocycles. The first-order valence-corrected chi connectivity index (χ1v) is 8.35. The maximum Gasteiger partial charge on any atom is 0.227 e. The van der Waals surface area contributed by atoms with Crippen LogP contribution in [0.25, 0.3) is 0 Å². The van der Waals surface area contributed by atoms with Gasteiger partial charge in [0, 0.05) is 31.3 Å². The molecule has 5 heteroatoms. The summed E-state index contributed by atoms with van der Waals surface area (Å²) in [5.41, 5.74) is 3.97. The number of methoxy groups -OCH3 is 1. The fraction of sp³-hybridized carbons (Fsp3) is 0.300. The van der Waals surface area contributed by atoms with Crippen molar-refractivity contribution in [2.24, 2.45) is 0 Å². The van der Waals surface area contributed by atoms with E-state index in [2.05, 4.69) is 5.32 Å². The van der Waals surface area contributed by atoms with Crippen LogP contribution in [0.5, 0.6) is 5.75 Å². The van der Waals surface area contributed by atoms with E-state index < -0.39 is 0 Å². The van der Waals surface area contributed by atoms with Crippen molar-refractivity contribution < 1.29 is 14.3 Å². The number of carbonyl (C=O) groups is 2. The van der Waals surface area contributed by atoms with Gasteiger partial charge in [0.15, 0.2) is 0 Å². The second-order valence-electron chi connectivity index (χ2n) is 6.18. The number of aryl methyl sites for hydroxylation is 1. The number of ether oxygens (including phenoxy) is 1. The Hall–Kier alpha value is -2.82. The Morgan fingerprint density at radius 3 is 2.80 bits per heavy atom. The van der Waals surface area contributed by atoms with Gasteiger partial charge in [-0.15, -0.1) is 0 Å². The van der Waals surface area contributed by atoms with Crippen LogP contribution in [-0.2, 0) is 29.0 Å². The number of amides is 2. The van der Waals surface area contributed by atoms with Crippen LogP contribution < -0.4 is 15.0 Å². The molecule has 130 valence electrons. The van der Waals surface area contributed by atoms with Gasteiger partial charge in [0.05, 0.1) is 13.5 Å². The molecule has 0 saturated heterocycles. The van der Waals surface area contributed by atoms with Crippen molar-refractivity contribution in [3.8, 4) is 5.75 Å². The summed E-state index contributed by atoms with van der Waals surface area (Å²) in [6.45, 7) is 0.436. The molecule has 3 rings (SSSR count). The summed E-state index contributed by atoms with van der Waals surface area (Å²) in [7, 11) is 3.41. The predicted molar refractivity (Wildman–Crippen MR) is 96.7 cm³/mol. The lowest BCUT2D eigenvalue weighted by Crippen LogP contribution is -2.31. The second kappa shape index (κ2) is 7.38. The van der Waals surface area contributed by atoms with E-state index >= 15 is 0 Å². The van der Waals surface area contributed by atoms with Gasteiger partial charge in [-0.25, -0.2) is 0 Å². The van der Waals surface area contributed by atoms with E-state index in [0.717, 1.165) is 34.5 Å². The van der Waals surface area contributed by atoms with E-state index in [9.17, 15) is 9.59 Å². The van der Waals surface area contributed by atoms with Crippen LogP contribution in [0.4, 0.5) is 5.69 Å². The van der Waals surface area contributed by atoms with Gasteiger partial charge in [-0.1, -0.05) is 30.3 Å². The molecule has 2 aromatic carbocycles. The minimum Gasteiger partial charge on any atom is -0.496 e. The molecule has 5 nitrogen and oxygen atoms in total. The van der Waals surface area contributed by atoms with Crippen LogP contribution in [0.2, 0.25) is 0 Å². The van der Waals surface area contributed by atoms with Crippen molar-refractivity contribution >= 4 is 17.5 Å². The zero-order valence-electron chi connectivity index (χ0n) is 14.5. The van der Waals surface area contributed by atoms with Gasteiger partial charge in [0.2, 0.25) is 11.8 Å². The van der Waals surface area contributed by atoms with Crippen molar-refractivity contribution in [3.63, 3.8) is 0 Å². The number of carbonyl (C=O) groups excluding carboxylic acids is 2. The van der Waals surface area contributed by atoms with Crippen molar-refractivity contribution in [2.45, 2.75) is 25.8 Å². The number of hydrogen-bond donors (Lipinski definition) is 1. The van der Waals surface area contributed by atoms with Crippen LogP contribution >= 0.6 is 0 Å². The van der Waals surface area contributed by atoms with Crippen LogP contribution in [0, 0.1) is 0 Å². The van der Waals surface area contributed by atoms with Crippen LogP contribution in [-0.4, -0.2) is 26.0 Å². The molecule has 0 saturated carbocycles. The number of para-hydroxylation sites is 1. The van der Waals surface area contributed by atoms with E-state index in [1.54, 1.807) is 19.1 Å². The normalized spacial score (nSPS) is 13.4. The van der Waals surface area contributed by atoms with Crippen molar-refractivity contribution in [3.05, 3.63) is 59.2 Å². The molecule has 2 amide bonds. The minimum atomic E-state index is -0.0360. The average molecular weight is 338 g/mol. The lowest BCUT2D eigenvalue weighted by Gasteiger charge is -2.26. The molecular formula is C20H22N2O3. The molecule has 0 fully saturated rings. The van der Waals surface area contributed by atoms with Gasteiger partial charge in [-0.05, 0) is 29.7 Å². The lowest BCUT2D eigenvalue weighted by molar-refractivity contribution is -0.120. The molecule has 1 heterocycles. The van der Waals surface area contributed by atoms with E-state index in [0.29, 0.717) is 19.4 Å². The number of anilines is 1. The van der Waals surface area contributed by atoms with E-state index in [1.807, 2.05) is 42.5 Å². The standard InChI is InChI=1S/C20H22N2O3/c1-22-17-9-7-14(11-15(17)8-10-20(22)24)12-19(23)21-13-16-5-3-4-6-18(16)25-2/h3-7,9,11H,8,10,12-13H2,1-2H3,(H,21,23). The molecule has 2 aromatic rings. The summed E-state index contributed by atoms with van der Waals surface area (Å²) < 4.78 is 5.29.